The van der Waals surface area contributed by atoms with Crippen molar-refractivity contribution in [1.29, 1.82) is 0 Å². The molecule has 0 bridgehead atoms. The van der Waals surface area contributed by atoms with Gasteiger partial charge >= 0.3 is 0 Å². The van der Waals surface area contributed by atoms with Crippen LogP contribution in [0.15, 0.2) is 71.6 Å². The van der Waals surface area contributed by atoms with Crippen LogP contribution in [-0.4, -0.2) is 32.2 Å². The molecular formula is C23H19IN2O5S. The van der Waals surface area contributed by atoms with Crippen LogP contribution in [0.4, 0.5) is 0 Å². The summed E-state index contributed by atoms with van der Waals surface area (Å²) in [6, 6.07) is 18.7. The fourth-order valence-electron chi connectivity index (χ4n) is 3.45. The maximum Gasteiger partial charge on any atom is 0.261 e. The molecule has 0 atom stereocenters. The van der Waals surface area contributed by atoms with Crippen LogP contribution < -0.4 is 9.46 Å². The van der Waals surface area contributed by atoms with Gasteiger partial charge in [-0.3, -0.25) is 14.5 Å². The lowest BCUT2D eigenvalue weighted by Crippen LogP contribution is -2.29. The average molecular weight is 562 g/mol. The van der Waals surface area contributed by atoms with E-state index in [2.05, 4.69) is 27.3 Å². The van der Waals surface area contributed by atoms with Gasteiger partial charge < -0.3 is 4.74 Å². The Kier molecular flexibility index (Phi) is 6.31. The van der Waals surface area contributed by atoms with Crippen LogP contribution >= 0.6 is 22.6 Å². The van der Waals surface area contributed by atoms with Crippen molar-refractivity contribution in [2.45, 2.75) is 18.0 Å². The quantitative estimate of drug-likeness (QED) is 0.351. The molecule has 1 N–H and O–H groups in total. The summed E-state index contributed by atoms with van der Waals surface area (Å²) in [6.45, 7) is 0.0705. The summed E-state index contributed by atoms with van der Waals surface area (Å²) < 4.78 is 34.9. The highest BCUT2D eigenvalue weighted by Gasteiger charge is 2.35. The number of ether oxygens (including phenoxy) is 1. The number of rotatable bonds is 7. The van der Waals surface area contributed by atoms with Crippen LogP contribution in [0, 0.1) is 3.57 Å². The second-order valence-corrected chi connectivity index (χ2v) is 10.2. The molecule has 0 unspecified atom stereocenters. The number of nitrogens with one attached hydrogen (secondary N) is 1. The van der Waals surface area contributed by atoms with Gasteiger partial charge in [0.15, 0.2) is 0 Å². The molecule has 0 spiro atoms. The smallest absolute Gasteiger partial charge is 0.261 e. The third-order valence-corrected chi connectivity index (χ3v) is 7.26. The Morgan fingerprint density at radius 3 is 2.09 bits per heavy atom. The predicted octanol–water partition coefficient (Wildman–Crippen LogP) is 3.57. The normalized spacial score (nSPS) is 13.4. The number of benzene rings is 3. The third-order valence-electron chi connectivity index (χ3n) is 5.12. The van der Waals surface area contributed by atoms with Gasteiger partial charge in [0, 0.05) is 10.1 Å². The molecule has 1 aliphatic rings. The highest BCUT2D eigenvalue weighted by Crippen LogP contribution is 2.28. The van der Waals surface area contributed by atoms with Crippen molar-refractivity contribution in [3.8, 4) is 5.75 Å². The predicted molar refractivity (Wildman–Crippen MR) is 127 cm³/mol. The number of methoxy groups -OCH3 is 1. The van der Waals surface area contributed by atoms with Gasteiger partial charge in [-0.05, 0) is 70.1 Å². The van der Waals surface area contributed by atoms with E-state index in [1.54, 1.807) is 30.3 Å². The van der Waals surface area contributed by atoms with Crippen LogP contribution in [0.1, 0.15) is 31.8 Å². The molecule has 7 nitrogen and oxygen atoms in total. The lowest BCUT2D eigenvalue weighted by molar-refractivity contribution is 0.0642. The Balaban J connectivity index is 1.58. The Morgan fingerprint density at radius 1 is 0.906 bits per heavy atom. The molecule has 0 radical (unpaired) electrons. The van der Waals surface area contributed by atoms with Crippen LogP contribution in [0.5, 0.6) is 5.75 Å². The number of hydrogen-bond donors (Lipinski definition) is 1. The summed E-state index contributed by atoms with van der Waals surface area (Å²) in [6.07, 6.45) is 0. The fourth-order valence-corrected chi connectivity index (χ4v) is 5.05. The fraction of sp³-hybridized carbons (Fsp3) is 0.130. The molecular weight excluding hydrogens is 543 g/mol. The van der Waals surface area contributed by atoms with E-state index in [-0.39, 0.29) is 23.7 Å². The summed E-state index contributed by atoms with van der Waals surface area (Å²) in [5.41, 5.74) is 2.00. The van der Waals surface area contributed by atoms with Crippen molar-refractivity contribution in [2.75, 3.05) is 7.11 Å². The number of imide groups is 1. The maximum absolute atomic E-state index is 13.0. The van der Waals surface area contributed by atoms with Gasteiger partial charge in [0.1, 0.15) is 10.6 Å². The first-order valence-electron chi connectivity index (χ1n) is 9.66. The first-order valence-corrected chi connectivity index (χ1v) is 12.2. The van der Waals surface area contributed by atoms with E-state index in [0.29, 0.717) is 16.7 Å². The topological polar surface area (TPSA) is 92.8 Å². The molecule has 164 valence electrons. The van der Waals surface area contributed by atoms with Crippen molar-refractivity contribution in [3.63, 3.8) is 0 Å². The van der Waals surface area contributed by atoms with Crippen molar-refractivity contribution in [2.24, 2.45) is 0 Å². The molecule has 2 amide bonds. The zero-order valence-electron chi connectivity index (χ0n) is 17.0. The summed E-state index contributed by atoms with van der Waals surface area (Å²) in [5.74, 6) is -0.628. The summed E-state index contributed by atoms with van der Waals surface area (Å²) in [7, 11) is -2.53. The number of amides is 2. The minimum absolute atomic E-state index is 0.0457. The van der Waals surface area contributed by atoms with Gasteiger partial charge in [0.05, 0.1) is 24.8 Å². The first kappa shape index (κ1) is 22.4. The van der Waals surface area contributed by atoms with E-state index in [0.717, 1.165) is 14.0 Å². The molecule has 0 aliphatic carbocycles. The summed E-state index contributed by atoms with van der Waals surface area (Å²) in [4.78, 5) is 26.4. The molecule has 3 aromatic rings. The molecule has 0 aromatic heterocycles. The van der Waals surface area contributed by atoms with E-state index < -0.39 is 21.8 Å². The summed E-state index contributed by atoms with van der Waals surface area (Å²) in [5, 5.41) is 0. The van der Waals surface area contributed by atoms with Crippen molar-refractivity contribution in [3.05, 3.63) is 92.6 Å². The zero-order valence-corrected chi connectivity index (χ0v) is 20.0. The molecule has 32 heavy (non-hydrogen) atoms. The van der Waals surface area contributed by atoms with Gasteiger partial charge in [-0.25, -0.2) is 13.1 Å². The molecule has 0 saturated heterocycles. The minimum Gasteiger partial charge on any atom is -0.495 e. The second kappa shape index (κ2) is 9.00. The highest BCUT2D eigenvalue weighted by atomic mass is 127. The Morgan fingerprint density at radius 2 is 1.50 bits per heavy atom. The SMILES string of the molecule is COc1ccc(CN2C(=O)c3ccccc3C2=O)cc1S(=O)(=O)NCc1ccc(I)cc1. The van der Waals surface area contributed by atoms with Crippen LogP contribution in [-0.2, 0) is 23.1 Å². The number of fused-ring (bicyclic) bond motifs is 1. The van der Waals surface area contributed by atoms with Gasteiger partial charge in [0.25, 0.3) is 11.8 Å². The van der Waals surface area contributed by atoms with Crippen molar-refractivity contribution < 1.29 is 22.7 Å². The molecule has 0 saturated carbocycles. The van der Waals surface area contributed by atoms with Crippen LogP contribution in [0.2, 0.25) is 0 Å². The Bertz CT molecular complexity index is 1270. The molecule has 3 aromatic carbocycles. The number of nitrogens with zero attached hydrogens (tertiary/aromatic N) is 1. The molecule has 1 heterocycles. The van der Waals surface area contributed by atoms with Gasteiger partial charge in [-0.2, -0.15) is 0 Å². The second-order valence-electron chi connectivity index (χ2n) is 7.18. The molecule has 0 fully saturated rings. The van der Waals surface area contributed by atoms with Gasteiger partial charge in [-0.15, -0.1) is 0 Å². The lowest BCUT2D eigenvalue weighted by Gasteiger charge is -2.16. The molecule has 1 aliphatic heterocycles. The van der Waals surface area contributed by atoms with E-state index >= 15 is 0 Å². The molecule has 4 rings (SSSR count). The Labute approximate surface area is 199 Å². The minimum atomic E-state index is -3.91. The van der Waals surface area contributed by atoms with Gasteiger partial charge in [-0.1, -0.05) is 30.3 Å². The standard InChI is InChI=1S/C23H19IN2O5S/c1-31-20-11-8-16(14-26-22(27)18-4-2-3-5-19(18)23(26)28)12-21(20)32(29,30)25-13-15-6-9-17(24)10-7-15/h2-12,25H,13-14H2,1H3. The van der Waals surface area contributed by atoms with Crippen molar-refractivity contribution in [1.82, 2.24) is 9.62 Å². The average Bonchev–Trinajstić information content (AvgIpc) is 3.04. The largest absolute Gasteiger partial charge is 0.495 e. The number of sulfonamides is 1. The van der Waals surface area contributed by atoms with Crippen molar-refractivity contribution >= 4 is 44.4 Å². The Hall–Kier alpha value is -2.76. The monoisotopic (exact) mass is 562 g/mol. The lowest BCUT2D eigenvalue weighted by atomic mass is 10.1. The van der Waals surface area contributed by atoms with E-state index in [9.17, 15) is 18.0 Å². The number of hydrogen-bond acceptors (Lipinski definition) is 5. The van der Waals surface area contributed by atoms with E-state index in [1.165, 1.54) is 19.2 Å². The highest BCUT2D eigenvalue weighted by molar-refractivity contribution is 14.1. The summed E-state index contributed by atoms with van der Waals surface area (Å²) >= 11 is 2.18. The van der Waals surface area contributed by atoms with Gasteiger partial charge in [0.2, 0.25) is 10.0 Å². The number of carbonyl (C=O) groups is 2. The van der Waals surface area contributed by atoms with E-state index in [4.69, 9.17) is 4.74 Å². The maximum atomic E-state index is 13.0. The molecule has 9 heteroatoms. The number of halogens is 1. The van der Waals surface area contributed by atoms with Crippen LogP contribution in [0.3, 0.4) is 0 Å². The van der Waals surface area contributed by atoms with E-state index in [1.807, 2.05) is 24.3 Å². The number of carbonyl (C=O) groups excluding carboxylic acids is 2. The third kappa shape index (κ3) is 4.41. The zero-order chi connectivity index (χ0) is 22.9. The first-order chi connectivity index (χ1) is 15.3. The van der Waals surface area contributed by atoms with Crippen LogP contribution in [0.25, 0.3) is 0 Å².